The van der Waals surface area contributed by atoms with Crippen LogP contribution in [0.25, 0.3) is 0 Å². The van der Waals surface area contributed by atoms with Crippen LogP contribution in [0.1, 0.15) is 53.2 Å². The van der Waals surface area contributed by atoms with Crippen LogP contribution in [-0.2, 0) is 4.79 Å². The maximum atomic E-state index is 13.4. The summed E-state index contributed by atoms with van der Waals surface area (Å²) in [6.07, 6.45) is 4.41. The largest absolute Gasteiger partial charge is 0.338 e. The molecule has 2 aromatic carbocycles. The van der Waals surface area contributed by atoms with Gasteiger partial charge in [-0.3, -0.25) is 9.59 Å². The normalized spacial score (nSPS) is 26.2. The number of fused-ring (bicyclic) bond motifs is 1. The quantitative estimate of drug-likeness (QED) is 0.761. The van der Waals surface area contributed by atoms with E-state index in [1.165, 1.54) is 18.4 Å². The molecule has 3 fully saturated rings. The molecular formula is C26H30N2O2. The number of amides is 2. The molecule has 0 aromatic heterocycles. The number of hydrogen-bond donors (Lipinski definition) is 0. The fourth-order valence-corrected chi connectivity index (χ4v) is 5.80. The van der Waals surface area contributed by atoms with E-state index in [1.807, 2.05) is 42.2 Å². The fraction of sp³-hybridized carbons (Fsp3) is 0.462. The van der Waals surface area contributed by atoms with Crippen molar-refractivity contribution in [2.45, 2.75) is 38.6 Å². The molecule has 0 bridgehead atoms. The summed E-state index contributed by atoms with van der Waals surface area (Å²) in [6, 6.07) is 18.4. The van der Waals surface area contributed by atoms with Gasteiger partial charge >= 0.3 is 0 Å². The van der Waals surface area contributed by atoms with E-state index in [1.54, 1.807) is 0 Å². The average molecular weight is 403 g/mol. The molecule has 4 heteroatoms. The molecule has 0 unspecified atom stereocenters. The molecule has 156 valence electrons. The Hall–Kier alpha value is -2.62. The van der Waals surface area contributed by atoms with E-state index in [9.17, 15) is 9.59 Å². The monoisotopic (exact) mass is 402 g/mol. The van der Waals surface area contributed by atoms with Crippen molar-refractivity contribution in [3.05, 3.63) is 71.3 Å². The van der Waals surface area contributed by atoms with Gasteiger partial charge in [0.1, 0.15) is 0 Å². The zero-order valence-electron chi connectivity index (χ0n) is 17.7. The van der Waals surface area contributed by atoms with Crippen molar-refractivity contribution in [1.29, 1.82) is 0 Å². The summed E-state index contributed by atoms with van der Waals surface area (Å²) in [7, 11) is 0. The molecule has 3 aliphatic rings. The van der Waals surface area contributed by atoms with E-state index >= 15 is 0 Å². The van der Waals surface area contributed by atoms with Crippen LogP contribution in [-0.4, -0.2) is 41.2 Å². The molecule has 5 rings (SSSR count). The lowest BCUT2D eigenvalue weighted by Crippen LogP contribution is -2.39. The minimum atomic E-state index is 0.0834. The summed E-state index contributed by atoms with van der Waals surface area (Å²) in [5, 5.41) is 0. The topological polar surface area (TPSA) is 40.6 Å². The molecule has 0 N–H and O–H groups in total. The Kier molecular flexibility index (Phi) is 5.10. The minimum absolute atomic E-state index is 0.0834. The van der Waals surface area contributed by atoms with E-state index in [2.05, 4.69) is 29.2 Å². The number of carbonyl (C=O) groups excluding carboxylic acids is 2. The van der Waals surface area contributed by atoms with Crippen molar-refractivity contribution in [3.8, 4) is 0 Å². The summed E-state index contributed by atoms with van der Waals surface area (Å²) >= 11 is 0. The highest BCUT2D eigenvalue weighted by Crippen LogP contribution is 2.46. The second-order valence-electron chi connectivity index (χ2n) is 9.33. The van der Waals surface area contributed by atoms with Gasteiger partial charge in [0.05, 0.1) is 6.04 Å². The van der Waals surface area contributed by atoms with E-state index < -0.39 is 0 Å². The average Bonchev–Trinajstić information content (AvgIpc) is 3.50. The molecule has 1 aliphatic carbocycles. The van der Waals surface area contributed by atoms with Crippen LogP contribution in [0.2, 0.25) is 0 Å². The highest BCUT2D eigenvalue weighted by Gasteiger charge is 2.50. The molecule has 3 atom stereocenters. The number of hydrogen-bond acceptors (Lipinski definition) is 2. The van der Waals surface area contributed by atoms with Gasteiger partial charge in [-0.2, -0.15) is 0 Å². The van der Waals surface area contributed by atoms with Crippen molar-refractivity contribution in [1.82, 2.24) is 9.80 Å². The minimum Gasteiger partial charge on any atom is -0.338 e. The van der Waals surface area contributed by atoms with Crippen LogP contribution in [0.15, 0.2) is 54.6 Å². The Morgan fingerprint density at radius 1 is 0.867 bits per heavy atom. The maximum absolute atomic E-state index is 13.4. The van der Waals surface area contributed by atoms with Gasteiger partial charge in [0.15, 0.2) is 0 Å². The van der Waals surface area contributed by atoms with Gasteiger partial charge in [-0.05, 0) is 37.5 Å². The lowest BCUT2D eigenvalue weighted by atomic mass is 9.89. The second kappa shape index (κ2) is 7.90. The zero-order chi connectivity index (χ0) is 20.7. The first-order valence-corrected chi connectivity index (χ1v) is 11.3. The third-order valence-electron chi connectivity index (χ3n) is 7.38. The van der Waals surface area contributed by atoms with Gasteiger partial charge in [-0.15, -0.1) is 0 Å². The van der Waals surface area contributed by atoms with E-state index in [-0.39, 0.29) is 17.9 Å². The lowest BCUT2D eigenvalue weighted by molar-refractivity contribution is -0.136. The molecule has 0 spiro atoms. The third kappa shape index (κ3) is 3.42. The SMILES string of the molecule is Cc1ccc(C(=O)N2C[C@H]3CN(C(=O)C4CCCC4)[C@H](c4ccccc4)[C@H]3C2)cc1. The van der Waals surface area contributed by atoms with Crippen LogP contribution in [0, 0.1) is 24.7 Å². The summed E-state index contributed by atoms with van der Waals surface area (Å²) in [4.78, 5) is 30.6. The molecule has 30 heavy (non-hydrogen) atoms. The smallest absolute Gasteiger partial charge is 0.253 e. The van der Waals surface area contributed by atoms with Crippen molar-refractivity contribution < 1.29 is 9.59 Å². The molecule has 1 saturated carbocycles. The van der Waals surface area contributed by atoms with Gasteiger partial charge in [0, 0.05) is 43.0 Å². The first-order valence-electron chi connectivity index (χ1n) is 11.3. The van der Waals surface area contributed by atoms with Gasteiger partial charge in [0.25, 0.3) is 5.91 Å². The zero-order valence-corrected chi connectivity index (χ0v) is 17.7. The Morgan fingerprint density at radius 2 is 1.57 bits per heavy atom. The van der Waals surface area contributed by atoms with Crippen LogP contribution in [0.3, 0.4) is 0 Å². The molecule has 2 saturated heterocycles. The molecular weight excluding hydrogens is 372 g/mol. The van der Waals surface area contributed by atoms with Crippen molar-refractivity contribution in [3.63, 3.8) is 0 Å². The summed E-state index contributed by atoms with van der Waals surface area (Å²) in [5.74, 6) is 1.32. The predicted molar refractivity (Wildman–Crippen MR) is 117 cm³/mol. The van der Waals surface area contributed by atoms with Crippen molar-refractivity contribution >= 4 is 11.8 Å². The van der Waals surface area contributed by atoms with E-state index in [0.29, 0.717) is 17.7 Å². The number of rotatable bonds is 3. The highest BCUT2D eigenvalue weighted by atomic mass is 16.2. The summed E-state index contributed by atoms with van der Waals surface area (Å²) in [5.41, 5.74) is 3.13. The summed E-state index contributed by atoms with van der Waals surface area (Å²) in [6.45, 7) is 4.28. The van der Waals surface area contributed by atoms with Crippen LogP contribution in [0.5, 0.6) is 0 Å². The number of nitrogens with zero attached hydrogens (tertiary/aromatic N) is 2. The number of carbonyl (C=O) groups is 2. The Labute approximate surface area is 178 Å². The van der Waals surface area contributed by atoms with Gasteiger partial charge < -0.3 is 9.80 Å². The Balaban J connectivity index is 1.39. The molecule has 2 amide bonds. The number of likely N-dealkylation sites (tertiary alicyclic amines) is 2. The van der Waals surface area contributed by atoms with Crippen LogP contribution < -0.4 is 0 Å². The second-order valence-corrected chi connectivity index (χ2v) is 9.33. The molecule has 2 aliphatic heterocycles. The highest BCUT2D eigenvalue weighted by molar-refractivity contribution is 5.94. The lowest BCUT2D eigenvalue weighted by Gasteiger charge is -2.32. The Bertz CT molecular complexity index is 918. The molecule has 4 nitrogen and oxygen atoms in total. The van der Waals surface area contributed by atoms with E-state index in [0.717, 1.165) is 43.6 Å². The van der Waals surface area contributed by atoms with Crippen LogP contribution in [0.4, 0.5) is 0 Å². The number of aryl methyl sites for hydroxylation is 1. The Morgan fingerprint density at radius 3 is 2.27 bits per heavy atom. The third-order valence-corrected chi connectivity index (χ3v) is 7.38. The van der Waals surface area contributed by atoms with Gasteiger partial charge in [0.2, 0.25) is 5.91 Å². The number of benzene rings is 2. The van der Waals surface area contributed by atoms with E-state index in [4.69, 9.17) is 0 Å². The predicted octanol–water partition coefficient (Wildman–Crippen LogP) is 4.46. The first kappa shape index (κ1) is 19.3. The maximum Gasteiger partial charge on any atom is 0.253 e. The van der Waals surface area contributed by atoms with Crippen molar-refractivity contribution in [2.24, 2.45) is 17.8 Å². The fourth-order valence-electron chi connectivity index (χ4n) is 5.80. The standard InChI is InChI=1S/C26H30N2O2/c1-18-11-13-21(14-12-18)25(29)27-15-22-16-28(26(30)20-9-5-6-10-20)24(23(22)17-27)19-7-3-2-4-8-19/h2-4,7-8,11-14,20,22-24H,5-6,9-10,15-17H2,1H3/t22-,23-,24+/m0/s1. The van der Waals surface area contributed by atoms with Crippen molar-refractivity contribution in [2.75, 3.05) is 19.6 Å². The van der Waals surface area contributed by atoms with Crippen LogP contribution >= 0.6 is 0 Å². The van der Waals surface area contributed by atoms with Gasteiger partial charge in [-0.25, -0.2) is 0 Å². The summed E-state index contributed by atoms with van der Waals surface area (Å²) < 4.78 is 0. The first-order chi connectivity index (χ1) is 14.6. The molecule has 2 heterocycles. The molecule has 2 aromatic rings. The van der Waals surface area contributed by atoms with Gasteiger partial charge in [-0.1, -0.05) is 60.9 Å². The molecule has 0 radical (unpaired) electrons.